The molecule has 0 unspecified atom stereocenters. The highest BCUT2D eigenvalue weighted by atomic mass is 16.5. The fraction of sp³-hybridized carbons (Fsp3) is 0.214. The number of amides is 1. The Morgan fingerprint density at radius 2 is 1.74 bits per heavy atom. The van der Waals surface area contributed by atoms with E-state index in [2.05, 4.69) is 27.8 Å². The van der Waals surface area contributed by atoms with Crippen molar-refractivity contribution in [3.63, 3.8) is 0 Å². The molecule has 0 aliphatic carbocycles. The Labute approximate surface area is 199 Å². The lowest BCUT2D eigenvalue weighted by atomic mass is 9.98. The van der Waals surface area contributed by atoms with E-state index in [4.69, 9.17) is 9.47 Å². The van der Waals surface area contributed by atoms with Crippen molar-refractivity contribution in [1.29, 1.82) is 0 Å². The van der Waals surface area contributed by atoms with E-state index in [0.29, 0.717) is 18.8 Å². The maximum Gasteiger partial charge on any atom is 0.246 e. The molecule has 5 rings (SSSR count). The van der Waals surface area contributed by atoms with Crippen LogP contribution in [0.1, 0.15) is 16.7 Å². The molecule has 0 N–H and O–H groups in total. The van der Waals surface area contributed by atoms with Gasteiger partial charge in [0.25, 0.3) is 0 Å². The van der Waals surface area contributed by atoms with Crippen LogP contribution < -0.4 is 9.47 Å². The molecule has 0 radical (unpaired) electrons. The molecule has 172 valence electrons. The van der Waals surface area contributed by atoms with Gasteiger partial charge in [-0.1, -0.05) is 30.3 Å². The summed E-state index contributed by atoms with van der Waals surface area (Å²) >= 11 is 0. The summed E-state index contributed by atoms with van der Waals surface area (Å²) in [5.41, 5.74) is 7.26. The van der Waals surface area contributed by atoms with Crippen molar-refractivity contribution in [2.24, 2.45) is 7.05 Å². The molecule has 0 bridgehead atoms. The van der Waals surface area contributed by atoms with Crippen LogP contribution in [0.5, 0.6) is 11.5 Å². The molecule has 1 amide bonds. The summed E-state index contributed by atoms with van der Waals surface area (Å²) in [5.74, 6) is 1.38. The second-order valence-corrected chi connectivity index (χ2v) is 8.38. The first-order valence-corrected chi connectivity index (χ1v) is 11.3. The Bertz CT molecular complexity index is 1390. The third-order valence-electron chi connectivity index (χ3n) is 6.46. The Morgan fingerprint density at radius 1 is 1.00 bits per heavy atom. The largest absolute Gasteiger partial charge is 0.493 e. The number of fused-ring (bicyclic) bond motifs is 2. The standard InChI is InChI=1S/C28H27N3O3/c1-30-23-10-7-14-29-27(23)22(28(30)19-8-5-4-6-9-19)11-12-26(32)31-15-13-20-16-24(33-2)25(34-3)17-21(20)18-31/h4-12,14,16-17H,13,15,18H2,1-3H3. The van der Waals surface area contributed by atoms with Crippen LogP contribution in [0.4, 0.5) is 0 Å². The third-order valence-corrected chi connectivity index (χ3v) is 6.46. The highest BCUT2D eigenvalue weighted by Gasteiger charge is 2.22. The molecule has 6 nitrogen and oxygen atoms in total. The van der Waals surface area contributed by atoms with Gasteiger partial charge in [-0.2, -0.15) is 0 Å². The molecular weight excluding hydrogens is 426 g/mol. The monoisotopic (exact) mass is 453 g/mol. The maximum absolute atomic E-state index is 13.2. The van der Waals surface area contributed by atoms with Crippen LogP contribution >= 0.6 is 0 Å². The van der Waals surface area contributed by atoms with Crippen LogP contribution in [0.3, 0.4) is 0 Å². The number of nitrogens with zero attached hydrogens (tertiary/aromatic N) is 3. The van der Waals surface area contributed by atoms with E-state index in [-0.39, 0.29) is 5.91 Å². The van der Waals surface area contributed by atoms with Crippen LogP contribution in [0, 0.1) is 0 Å². The molecule has 1 aliphatic heterocycles. The Hall–Kier alpha value is -4.06. The zero-order valence-corrected chi connectivity index (χ0v) is 19.6. The Balaban J connectivity index is 1.46. The van der Waals surface area contributed by atoms with Crippen molar-refractivity contribution >= 4 is 23.0 Å². The number of pyridine rings is 1. The number of aryl methyl sites for hydroxylation is 1. The van der Waals surface area contributed by atoms with Gasteiger partial charge in [-0.3, -0.25) is 9.78 Å². The van der Waals surface area contributed by atoms with Crippen LogP contribution in [-0.2, 0) is 24.8 Å². The SMILES string of the molecule is COc1cc2c(cc1OC)CN(C(=O)C=Cc1c(-c3ccccc3)n(C)c3cccnc13)CC2. The van der Waals surface area contributed by atoms with Crippen molar-refractivity contribution in [3.8, 4) is 22.8 Å². The normalized spacial score (nSPS) is 13.3. The number of methoxy groups -OCH3 is 2. The van der Waals surface area contributed by atoms with Crippen LogP contribution in [0.25, 0.3) is 28.4 Å². The molecule has 34 heavy (non-hydrogen) atoms. The molecule has 0 spiro atoms. The number of hydrogen-bond donors (Lipinski definition) is 0. The van der Waals surface area contributed by atoms with Gasteiger partial charge in [0.15, 0.2) is 11.5 Å². The summed E-state index contributed by atoms with van der Waals surface area (Å²) in [4.78, 5) is 19.7. The van der Waals surface area contributed by atoms with E-state index in [1.54, 1.807) is 26.5 Å². The van der Waals surface area contributed by atoms with Gasteiger partial charge in [0.2, 0.25) is 5.91 Å². The third kappa shape index (κ3) is 3.81. The van der Waals surface area contributed by atoms with Crippen molar-refractivity contribution in [3.05, 3.63) is 83.6 Å². The molecule has 0 saturated carbocycles. The number of ether oxygens (including phenoxy) is 2. The second-order valence-electron chi connectivity index (χ2n) is 8.38. The van der Waals surface area contributed by atoms with Crippen molar-refractivity contribution in [2.75, 3.05) is 20.8 Å². The van der Waals surface area contributed by atoms with Crippen LogP contribution in [0.15, 0.2) is 66.9 Å². The number of rotatable bonds is 5. The number of carbonyl (C=O) groups excluding carboxylic acids is 1. The van der Waals surface area contributed by atoms with Gasteiger partial charge in [0, 0.05) is 38.0 Å². The molecule has 2 aromatic heterocycles. The first-order valence-electron chi connectivity index (χ1n) is 11.3. The minimum atomic E-state index is -0.0209. The molecule has 3 heterocycles. The Morgan fingerprint density at radius 3 is 2.47 bits per heavy atom. The smallest absolute Gasteiger partial charge is 0.246 e. The highest BCUT2D eigenvalue weighted by molar-refractivity contribution is 5.99. The van der Waals surface area contributed by atoms with Crippen molar-refractivity contribution in [1.82, 2.24) is 14.5 Å². The number of hydrogen-bond acceptors (Lipinski definition) is 4. The molecule has 0 fully saturated rings. The molecule has 1 aliphatic rings. The van der Waals surface area contributed by atoms with Gasteiger partial charge in [-0.25, -0.2) is 0 Å². The fourth-order valence-electron chi connectivity index (χ4n) is 4.72. The quantitative estimate of drug-likeness (QED) is 0.405. The minimum absolute atomic E-state index is 0.0209. The van der Waals surface area contributed by atoms with E-state index >= 15 is 0 Å². The zero-order valence-electron chi connectivity index (χ0n) is 19.6. The van der Waals surface area contributed by atoms with Crippen molar-refractivity contribution < 1.29 is 14.3 Å². The maximum atomic E-state index is 13.2. The van der Waals surface area contributed by atoms with Crippen LogP contribution in [-0.4, -0.2) is 41.1 Å². The summed E-state index contributed by atoms with van der Waals surface area (Å²) in [5, 5.41) is 0. The van der Waals surface area contributed by atoms with E-state index in [1.807, 2.05) is 54.4 Å². The lowest BCUT2D eigenvalue weighted by molar-refractivity contribution is -0.126. The lowest BCUT2D eigenvalue weighted by Crippen LogP contribution is -2.34. The van der Waals surface area contributed by atoms with Gasteiger partial charge >= 0.3 is 0 Å². The molecule has 4 aromatic rings. The average Bonchev–Trinajstić information content (AvgIpc) is 3.18. The van der Waals surface area contributed by atoms with Gasteiger partial charge in [-0.05, 0) is 53.5 Å². The molecule has 0 saturated heterocycles. The average molecular weight is 454 g/mol. The van der Waals surface area contributed by atoms with Crippen LogP contribution in [0.2, 0.25) is 0 Å². The molecule has 0 atom stereocenters. The highest BCUT2D eigenvalue weighted by Crippen LogP contribution is 2.34. The Kier molecular flexibility index (Phi) is 5.80. The number of carbonyl (C=O) groups is 1. The van der Waals surface area contributed by atoms with Gasteiger partial charge in [0.05, 0.1) is 30.9 Å². The van der Waals surface area contributed by atoms with E-state index in [1.165, 1.54) is 5.56 Å². The van der Waals surface area contributed by atoms with Gasteiger partial charge < -0.3 is 18.9 Å². The lowest BCUT2D eigenvalue weighted by Gasteiger charge is -2.28. The van der Waals surface area contributed by atoms with E-state index in [9.17, 15) is 4.79 Å². The molecular formula is C28H27N3O3. The zero-order chi connectivity index (χ0) is 23.7. The first kappa shape index (κ1) is 21.8. The summed E-state index contributed by atoms with van der Waals surface area (Å²) in [7, 11) is 5.30. The van der Waals surface area contributed by atoms with Gasteiger partial charge in [0.1, 0.15) is 0 Å². The number of benzene rings is 2. The second kappa shape index (κ2) is 9.06. The van der Waals surface area contributed by atoms with E-state index in [0.717, 1.165) is 45.6 Å². The summed E-state index contributed by atoms with van der Waals surface area (Å²) < 4.78 is 13.0. The minimum Gasteiger partial charge on any atom is -0.493 e. The number of aromatic nitrogens is 2. The summed E-state index contributed by atoms with van der Waals surface area (Å²) in [6.45, 7) is 1.20. The molecule has 6 heteroatoms. The first-order chi connectivity index (χ1) is 16.6. The predicted octanol–water partition coefficient (Wildman–Crippen LogP) is 4.86. The predicted molar refractivity (Wildman–Crippen MR) is 134 cm³/mol. The molecule has 2 aromatic carbocycles. The van der Waals surface area contributed by atoms with E-state index < -0.39 is 0 Å². The fourth-order valence-corrected chi connectivity index (χ4v) is 4.72. The topological polar surface area (TPSA) is 56.6 Å². The van der Waals surface area contributed by atoms with Gasteiger partial charge in [-0.15, -0.1) is 0 Å². The summed E-state index contributed by atoms with van der Waals surface area (Å²) in [6, 6.07) is 18.2. The van der Waals surface area contributed by atoms with Crippen molar-refractivity contribution in [2.45, 2.75) is 13.0 Å². The summed E-state index contributed by atoms with van der Waals surface area (Å²) in [6.07, 6.45) is 6.14.